The van der Waals surface area contributed by atoms with Crippen LogP contribution in [0, 0.1) is 11.8 Å². The molecule has 1 aliphatic rings. The number of hydrogen-bond acceptors (Lipinski definition) is 2. The molecule has 1 amide bonds. The molecule has 2 N–H and O–H groups in total. The van der Waals surface area contributed by atoms with Crippen LogP contribution >= 0.6 is 0 Å². The van der Waals surface area contributed by atoms with Crippen molar-refractivity contribution in [3.8, 4) is 5.75 Å². The number of carbonyl (C=O) groups is 1. The molecule has 4 heteroatoms. The number of anilines is 1. The predicted molar refractivity (Wildman–Crippen MR) is 84.7 cm³/mol. The van der Waals surface area contributed by atoms with E-state index in [1.165, 1.54) is 19.5 Å². The van der Waals surface area contributed by atoms with E-state index in [0.717, 1.165) is 29.8 Å². The molecule has 1 aromatic carbocycles. The smallest absolute Gasteiger partial charge is 0.230 e. The number of quaternary nitrogens is 1. The van der Waals surface area contributed by atoms with E-state index < -0.39 is 0 Å². The number of methoxy groups -OCH3 is 1. The van der Waals surface area contributed by atoms with Crippen LogP contribution in [0.25, 0.3) is 0 Å². The largest absolute Gasteiger partial charge is 0.497 e. The van der Waals surface area contributed by atoms with Crippen LogP contribution in [0.5, 0.6) is 5.75 Å². The van der Waals surface area contributed by atoms with Crippen molar-refractivity contribution in [1.29, 1.82) is 0 Å². The van der Waals surface area contributed by atoms with Crippen molar-refractivity contribution in [2.75, 3.05) is 32.1 Å². The van der Waals surface area contributed by atoms with Crippen LogP contribution in [-0.2, 0) is 4.79 Å². The predicted octanol–water partition coefficient (Wildman–Crippen LogP) is 1.58. The maximum atomic E-state index is 12.1. The fraction of sp³-hybridized carbons (Fsp3) is 0.588. The van der Waals surface area contributed by atoms with Gasteiger partial charge in [-0.05, 0) is 18.6 Å². The van der Waals surface area contributed by atoms with Crippen molar-refractivity contribution in [3.63, 3.8) is 0 Å². The molecule has 0 bridgehead atoms. The number of piperidine rings is 1. The second kappa shape index (κ2) is 7.46. The summed E-state index contributed by atoms with van der Waals surface area (Å²) in [5.74, 6) is 2.38. The normalized spacial score (nSPS) is 25.4. The Balaban J connectivity index is 1.79. The zero-order valence-electron chi connectivity index (χ0n) is 13.3. The van der Waals surface area contributed by atoms with Gasteiger partial charge >= 0.3 is 0 Å². The summed E-state index contributed by atoms with van der Waals surface area (Å²) in [5, 5.41) is 2.95. The molecule has 21 heavy (non-hydrogen) atoms. The highest BCUT2D eigenvalue weighted by molar-refractivity contribution is 5.90. The van der Waals surface area contributed by atoms with E-state index in [9.17, 15) is 4.79 Å². The second-order valence-electron chi connectivity index (χ2n) is 6.38. The summed E-state index contributed by atoms with van der Waals surface area (Å²) in [5.41, 5.74) is 0.801. The fourth-order valence-electron chi connectivity index (χ4n) is 3.34. The third kappa shape index (κ3) is 5.05. The highest BCUT2D eigenvalue weighted by Gasteiger charge is 2.25. The molecule has 1 aliphatic heterocycles. The average molecular weight is 291 g/mol. The van der Waals surface area contributed by atoms with E-state index in [-0.39, 0.29) is 5.91 Å². The molecular formula is C17H27N2O2+. The monoisotopic (exact) mass is 291 g/mol. The molecule has 0 aromatic heterocycles. The Bertz CT molecular complexity index is 466. The van der Waals surface area contributed by atoms with Gasteiger partial charge in [-0.3, -0.25) is 4.79 Å². The first-order valence-electron chi connectivity index (χ1n) is 7.84. The van der Waals surface area contributed by atoms with Crippen LogP contribution in [0.4, 0.5) is 5.69 Å². The Morgan fingerprint density at radius 1 is 1.33 bits per heavy atom. The first-order valence-corrected chi connectivity index (χ1v) is 7.84. The molecule has 0 spiro atoms. The van der Waals surface area contributed by atoms with Crippen LogP contribution in [0.15, 0.2) is 24.3 Å². The minimum atomic E-state index is 0.0848. The highest BCUT2D eigenvalue weighted by Crippen LogP contribution is 2.16. The summed E-state index contributed by atoms with van der Waals surface area (Å²) in [6.45, 7) is 7.93. The maximum Gasteiger partial charge on any atom is 0.230 e. The van der Waals surface area contributed by atoms with Crippen molar-refractivity contribution in [2.45, 2.75) is 26.7 Å². The second-order valence-corrected chi connectivity index (χ2v) is 6.38. The molecule has 1 saturated heterocycles. The quantitative estimate of drug-likeness (QED) is 0.865. The van der Waals surface area contributed by atoms with Crippen LogP contribution in [0.1, 0.15) is 26.7 Å². The number of hydrogen-bond donors (Lipinski definition) is 2. The molecule has 0 saturated carbocycles. The molecule has 4 nitrogen and oxygen atoms in total. The molecule has 0 aliphatic carbocycles. The minimum absolute atomic E-state index is 0.0848. The van der Waals surface area contributed by atoms with Gasteiger partial charge < -0.3 is 15.0 Å². The Morgan fingerprint density at radius 3 is 2.71 bits per heavy atom. The summed E-state index contributed by atoms with van der Waals surface area (Å²) in [6.07, 6.45) is 1.89. The molecule has 2 rings (SSSR count). The van der Waals surface area contributed by atoms with E-state index in [0.29, 0.717) is 6.42 Å². The van der Waals surface area contributed by atoms with Crippen LogP contribution in [0.2, 0.25) is 0 Å². The summed E-state index contributed by atoms with van der Waals surface area (Å²) in [6, 6.07) is 7.48. The molecular weight excluding hydrogens is 264 g/mol. The molecule has 2 atom stereocenters. The Kier molecular flexibility index (Phi) is 5.62. The van der Waals surface area contributed by atoms with Crippen molar-refractivity contribution in [2.24, 2.45) is 11.8 Å². The molecule has 2 unspecified atom stereocenters. The lowest BCUT2D eigenvalue weighted by molar-refractivity contribution is -0.911. The van der Waals surface area contributed by atoms with E-state index in [1.807, 2.05) is 24.3 Å². The standard InChI is InChI=1S/C17H26N2O2/c1-13-9-14(2)12-19(11-13)8-7-17(20)18-15-5-4-6-16(10-15)21-3/h4-6,10,13-14H,7-9,11-12H2,1-3H3,(H,18,20)/p+1. The number of rotatable bonds is 5. The van der Waals surface area contributed by atoms with Crippen molar-refractivity contribution in [3.05, 3.63) is 24.3 Å². The summed E-state index contributed by atoms with van der Waals surface area (Å²) >= 11 is 0. The van der Waals surface area contributed by atoms with Gasteiger partial charge in [0.05, 0.1) is 33.2 Å². The third-order valence-electron chi connectivity index (χ3n) is 4.14. The number of ether oxygens (including phenoxy) is 1. The molecule has 0 radical (unpaired) electrons. The highest BCUT2D eigenvalue weighted by atomic mass is 16.5. The topological polar surface area (TPSA) is 42.8 Å². The minimum Gasteiger partial charge on any atom is -0.497 e. The van der Waals surface area contributed by atoms with Gasteiger partial charge in [0.1, 0.15) is 5.75 Å². The SMILES string of the molecule is COc1cccc(NC(=O)CC[NH+]2CC(C)CC(C)C2)c1. The first kappa shape index (κ1) is 15.8. The summed E-state index contributed by atoms with van der Waals surface area (Å²) in [7, 11) is 1.63. The first-order chi connectivity index (χ1) is 10.1. The number of likely N-dealkylation sites (tertiary alicyclic amines) is 1. The van der Waals surface area contributed by atoms with E-state index >= 15 is 0 Å². The van der Waals surface area contributed by atoms with Crippen molar-refractivity contribution < 1.29 is 14.4 Å². The van der Waals surface area contributed by atoms with E-state index in [2.05, 4.69) is 19.2 Å². The van der Waals surface area contributed by atoms with E-state index in [1.54, 1.807) is 12.0 Å². The Labute approximate surface area is 127 Å². The van der Waals surface area contributed by atoms with Gasteiger partial charge in [0.25, 0.3) is 0 Å². The lowest BCUT2D eigenvalue weighted by Crippen LogP contribution is -3.14. The van der Waals surface area contributed by atoms with Crippen LogP contribution in [-0.4, -0.2) is 32.7 Å². The summed E-state index contributed by atoms with van der Waals surface area (Å²) < 4.78 is 5.16. The fourth-order valence-corrected chi connectivity index (χ4v) is 3.34. The molecule has 1 fully saturated rings. The van der Waals surface area contributed by atoms with Gasteiger partial charge in [-0.1, -0.05) is 19.9 Å². The number of benzene rings is 1. The van der Waals surface area contributed by atoms with Gasteiger partial charge in [-0.2, -0.15) is 0 Å². The maximum absolute atomic E-state index is 12.1. The Morgan fingerprint density at radius 2 is 2.05 bits per heavy atom. The van der Waals surface area contributed by atoms with Gasteiger partial charge in [0, 0.05) is 23.6 Å². The zero-order valence-corrected chi connectivity index (χ0v) is 13.3. The number of amides is 1. The van der Waals surface area contributed by atoms with Crippen molar-refractivity contribution >= 4 is 11.6 Å². The average Bonchev–Trinajstić information content (AvgIpc) is 2.44. The molecule has 1 heterocycles. The lowest BCUT2D eigenvalue weighted by Gasteiger charge is -2.31. The number of nitrogens with one attached hydrogen (secondary N) is 2. The third-order valence-corrected chi connectivity index (χ3v) is 4.14. The van der Waals surface area contributed by atoms with Crippen molar-refractivity contribution in [1.82, 2.24) is 0 Å². The zero-order chi connectivity index (χ0) is 15.2. The number of carbonyl (C=O) groups excluding carboxylic acids is 1. The molecule has 116 valence electrons. The molecule has 1 aromatic rings. The lowest BCUT2D eigenvalue weighted by atomic mass is 9.92. The summed E-state index contributed by atoms with van der Waals surface area (Å²) in [4.78, 5) is 13.6. The van der Waals surface area contributed by atoms with Gasteiger partial charge in [-0.25, -0.2) is 0 Å². The van der Waals surface area contributed by atoms with Gasteiger partial charge in [-0.15, -0.1) is 0 Å². The van der Waals surface area contributed by atoms with Gasteiger partial charge in [0.15, 0.2) is 0 Å². The van der Waals surface area contributed by atoms with Crippen LogP contribution < -0.4 is 15.0 Å². The van der Waals surface area contributed by atoms with Crippen LogP contribution in [0.3, 0.4) is 0 Å². The van der Waals surface area contributed by atoms with Gasteiger partial charge in [0.2, 0.25) is 5.91 Å². The Hall–Kier alpha value is -1.55. The van der Waals surface area contributed by atoms with E-state index in [4.69, 9.17) is 4.74 Å².